The van der Waals surface area contributed by atoms with Crippen LogP contribution in [0.2, 0.25) is 0 Å². The van der Waals surface area contributed by atoms with Gasteiger partial charge in [0.25, 0.3) is 0 Å². The van der Waals surface area contributed by atoms with Gasteiger partial charge in [-0.2, -0.15) is 0 Å². The Kier molecular flexibility index (Phi) is 5.23. The van der Waals surface area contributed by atoms with Crippen LogP contribution in [0.1, 0.15) is 38.5 Å². The van der Waals surface area contributed by atoms with Crippen LogP contribution in [-0.2, 0) is 0 Å². The molecule has 0 spiro atoms. The van der Waals surface area contributed by atoms with E-state index in [-0.39, 0.29) is 12.6 Å². The fraction of sp³-hybridized carbons (Fsp3) is 1.00. The van der Waals surface area contributed by atoms with E-state index in [1.165, 1.54) is 32.1 Å². The summed E-state index contributed by atoms with van der Waals surface area (Å²) >= 11 is 0. The van der Waals surface area contributed by atoms with Crippen molar-refractivity contribution in [3.8, 4) is 0 Å². The minimum absolute atomic E-state index is 0.267. The van der Waals surface area contributed by atoms with Crippen molar-refractivity contribution in [2.45, 2.75) is 56.1 Å². The number of aliphatic hydroxyl groups is 1. The van der Waals surface area contributed by atoms with Crippen molar-refractivity contribution in [1.82, 2.24) is 15.1 Å². The molecule has 1 unspecified atom stereocenters. The summed E-state index contributed by atoms with van der Waals surface area (Å²) in [7, 11) is 6.63. The predicted molar refractivity (Wildman–Crippen MR) is 79.4 cm³/mol. The molecular weight excluding hydrogens is 238 g/mol. The quantitative estimate of drug-likeness (QED) is 0.652. The van der Waals surface area contributed by atoms with Gasteiger partial charge in [-0.05, 0) is 66.2 Å². The molecule has 0 aromatic carbocycles. The molecule has 0 amide bonds. The van der Waals surface area contributed by atoms with Crippen molar-refractivity contribution in [3.05, 3.63) is 0 Å². The smallest absolute Gasteiger partial charge is 0.0585 e. The van der Waals surface area contributed by atoms with Crippen molar-refractivity contribution < 1.29 is 5.11 Å². The average Bonchev–Trinajstić information content (AvgIpc) is 3.12. The third-order valence-electron chi connectivity index (χ3n) is 4.93. The van der Waals surface area contributed by atoms with Crippen molar-refractivity contribution >= 4 is 0 Å². The van der Waals surface area contributed by atoms with E-state index in [1.807, 2.05) is 0 Å². The number of nitrogens with one attached hydrogen (secondary N) is 1. The second-order valence-electron chi connectivity index (χ2n) is 6.82. The lowest BCUT2D eigenvalue weighted by Crippen LogP contribution is -2.57. The summed E-state index contributed by atoms with van der Waals surface area (Å²) in [6.45, 7) is 2.49. The third-order valence-corrected chi connectivity index (χ3v) is 4.93. The Morgan fingerprint density at radius 3 is 2.37 bits per heavy atom. The maximum absolute atomic E-state index is 9.40. The van der Waals surface area contributed by atoms with E-state index in [1.54, 1.807) is 0 Å². The van der Waals surface area contributed by atoms with Gasteiger partial charge in [-0.25, -0.2) is 0 Å². The van der Waals surface area contributed by atoms with E-state index in [4.69, 9.17) is 0 Å². The Bertz CT molecular complexity index is 275. The molecule has 0 saturated heterocycles. The van der Waals surface area contributed by atoms with Crippen LogP contribution in [0.4, 0.5) is 0 Å². The van der Waals surface area contributed by atoms with Gasteiger partial charge in [0.2, 0.25) is 0 Å². The number of hydrogen-bond acceptors (Lipinski definition) is 4. The molecule has 2 aliphatic rings. The summed E-state index contributed by atoms with van der Waals surface area (Å²) in [5.41, 5.74) is 0.410. The third kappa shape index (κ3) is 4.15. The average molecular weight is 269 g/mol. The Labute approximate surface area is 118 Å². The number of likely N-dealkylation sites (N-methyl/N-ethyl adjacent to an activating group) is 2. The lowest BCUT2D eigenvalue weighted by Gasteiger charge is -2.49. The van der Waals surface area contributed by atoms with Crippen molar-refractivity contribution in [2.24, 2.45) is 0 Å². The van der Waals surface area contributed by atoms with E-state index < -0.39 is 0 Å². The second-order valence-corrected chi connectivity index (χ2v) is 6.82. The van der Waals surface area contributed by atoms with Crippen molar-refractivity contribution in [3.63, 3.8) is 0 Å². The molecule has 0 aliphatic heterocycles. The molecule has 2 fully saturated rings. The van der Waals surface area contributed by atoms with Gasteiger partial charge < -0.3 is 20.2 Å². The largest absolute Gasteiger partial charge is 0.395 e. The highest BCUT2D eigenvalue weighted by Crippen LogP contribution is 2.36. The van der Waals surface area contributed by atoms with Gasteiger partial charge in [-0.3, -0.25) is 0 Å². The van der Waals surface area contributed by atoms with E-state index in [2.05, 4.69) is 36.3 Å². The standard InChI is InChI=1S/C15H31N3O/c1-17(2)15(8-4-9-15)12-18(3)10-7-14(11-19)16-13-5-6-13/h13-14,16,19H,4-12H2,1-3H3. The lowest BCUT2D eigenvalue weighted by molar-refractivity contribution is 0.0265. The van der Waals surface area contributed by atoms with Crippen LogP contribution in [0.15, 0.2) is 0 Å². The molecule has 0 heterocycles. The van der Waals surface area contributed by atoms with E-state index in [0.29, 0.717) is 11.6 Å². The molecule has 0 bridgehead atoms. The van der Waals surface area contributed by atoms with Crippen LogP contribution in [0.3, 0.4) is 0 Å². The van der Waals surface area contributed by atoms with Crippen LogP contribution in [0.5, 0.6) is 0 Å². The van der Waals surface area contributed by atoms with E-state index in [0.717, 1.165) is 19.5 Å². The fourth-order valence-electron chi connectivity index (χ4n) is 3.10. The minimum atomic E-state index is 0.267. The summed E-state index contributed by atoms with van der Waals surface area (Å²) in [6, 6.07) is 0.967. The molecule has 2 rings (SSSR count). The molecule has 4 nitrogen and oxygen atoms in total. The zero-order chi connectivity index (χ0) is 13.9. The maximum atomic E-state index is 9.40. The van der Waals surface area contributed by atoms with Crippen LogP contribution in [-0.4, -0.2) is 73.4 Å². The first-order valence-corrected chi connectivity index (χ1v) is 7.78. The number of rotatable bonds is 9. The molecule has 0 radical (unpaired) electrons. The summed E-state index contributed by atoms with van der Waals surface area (Å²) in [6.07, 6.45) is 7.65. The van der Waals surface area contributed by atoms with Crippen molar-refractivity contribution in [1.29, 1.82) is 0 Å². The fourth-order valence-corrected chi connectivity index (χ4v) is 3.10. The molecule has 19 heavy (non-hydrogen) atoms. The van der Waals surface area contributed by atoms with Crippen LogP contribution < -0.4 is 5.32 Å². The molecule has 0 aromatic rings. The Balaban J connectivity index is 1.69. The number of aliphatic hydroxyl groups excluding tert-OH is 1. The normalized spacial score (nSPS) is 23.7. The lowest BCUT2D eigenvalue weighted by atomic mass is 9.75. The van der Waals surface area contributed by atoms with E-state index >= 15 is 0 Å². The zero-order valence-electron chi connectivity index (χ0n) is 12.9. The maximum Gasteiger partial charge on any atom is 0.0585 e. The highest BCUT2D eigenvalue weighted by atomic mass is 16.3. The molecule has 2 N–H and O–H groups in total. The summed E-state index contributed by atoms with van der Waals surface area (Å²) in [4.78, 5) is 4.84. The minimum Gasteiger partial charge on any atom is -0.395 e. The molecule has 0 aromatic heterocycles. The summed E-state index contributed by atoms with van der Waals surface area (Å²) in [5.74, 6) is 0. The van der Waals surface area contributed by atoms with Crippen LogP contribution >= 0.6 is 0 Å². The van der Waals surface area contributed by atoms with E-state index in [9.17, 15) is 5.11 Å². The Morgan fingerprint density at radius 2 is 1.95 bits per heavy atom. The number of nitrogens with zero attached hydrogens (tertiary/aromatic N) is 2. The van der Waals surface area contributed by atoms with Gasteiger partial charge in [0.1, 0.15) is 0 Å². The predicted octanol–water partition coefficient (Wildman–Crippen LogP) is 0.906. The summed E-state index contributed by atoms with van der Waals surface area (Å²) < 4.78 is 0. The van der Waals surface area contributed by atoms with Crippen LogP contribution in [0.25, 0.3) is 0 Å². The first-order valence-electron chi connectivity index (χ1n) is 7.78. The molecular formula is C15H31N3O. The zero-order valence-corrected chi connectivity index (χ0v) is 12.9. The SMILES string of the molecule is CN(CCC(CO)NC1CC1)CC1(N(C)C)CCC1. The topological polar surface area (TPSA) is 38.7 Å². The molecule has 2 aliphatic carbocycles. The first kappa shape index (κ1) is 15.2. The monoisotopic (exact) mass is 269 g/mol. The van der Waals surface area contributed by atoms with Gasteiger partial charge >= 0.3 is 0 Å². The Morgan fingerprint density at radius 1 is 1.26 bits per heavy atom. The second kappa shape index (κ2) is 6.53. The van der Waals surface area contributed by atoms with Gasteiger partial charge in [-0.1, -0.05) is 0 Å². The highest BCUT2D eigenvalue weighted by Gasteiger charge is 2.39. The molecule has 4 heteroatoms. The summed E-state index contributed by atoms with van der Waals surface area (Å²) in [5, 5.41) is 12.9. The van der Waals surface area contributed by atoms with Gasteiger partial charge in [0, 0.05) is 24.2 Å². The molecule has 112 valence electrons. The van der Waals surface area contributed by atoms with Gasteiger partial charge in [0.05, 0.1) is 6.61 Å². The first-order chi connectivity index (χ1) is 9.05. The van der Waals surface area contributed by atoms with Crippen LogP contribution in [0, 0.1) is 0 Å². The molecule has 2 saturated carbocycles. The molecule has 1 atom stereocenters. The highest BCUT2D eigenvalue weighted by molar-refractivity contribution is 4.98. The Hall–Kier alpha value is -0.160. The van der Waals surface area contributed by atoms with Gasteiger partial charge in [-0.15, -0.1) is 0 Å². The van der Waals surface area contributed by atoms with Crippen molar-refractivity contribution in [2.75, 3.05) is 40.8 Å². The number of hydrogen-bond donors (Lipinski definition) is 2. The van der Waals surface area contributed by atoms with Gasteiger partial charge in [0.15, 0.2) is 0 Å².